The normalized spacial score (nSPS) is 17.4. The average molecular weight is 500 g/mol. The van der Waals surface area contributed by atoms with E-state index in [1.807, 2.05) is 0 Å². The second kappa shape index (κ2) is 8.99. The summed E-state index contributed by atoms with van der Waals surface area (Å²) < 4.78 is 39.6. The molecule has 1 fully saturated rings. The summed E-state index contributed by atoms with van der Waals surface area (Å²) in [4.78, 5) is 12.9. The Morgan fingerprint density at radius 2 is 2.19 bits per heavy atom. The third-order valence-corrected chi connectivity index (χ3v) is 8.99. The van der Waals surface area contributed by atoms with Crippen molar-refractivity contribution < 1.29 is 27.6 Å². The van der Waals surface area contributed by atoms with Crippen LogP contribution in [0.2, 0.25) is 4.34 Å². The van der Waals surface area contributed by atoms with Gasteiger partial charge in [0.2, 0.25) is 0 Å². The molecule has 4 rings (SSSR count). The molecule has 0 aliphatic carbocycles. The molecule has 0 bridgehead atoms. The number of carboxylic acids is 1. The molecule has 1 atom stereocenters. The second-order valence-electron chi connectivity index (χ2n) is 7.50. The van der Waals surface area contributed by atoms with Crippen molar-refractivity contribution in [2.24, 2.45) is 0 Å². The lowest BCUT2D eigenvalue weighted by Crippen LogP contribution is -2.36. The van der Waals surface area contributed by atoms with Gasteiger partial charge in [-0.25, -0.2) is 13.2 Å². The summed E-state index contributed by atoms with van der Waals surface area (Å²) in [5, 5.41) is 16.0. The van der Waals surface area contributed by atoms with Crippen LogP contribution in [0.25, 0.3) is 10.6 Å². The number of carbonyl (C=O) groups is 1. The molecule has 3 aromatic heterocycles. The molecular formula is C20H22ClN3O6S2. The van der Waals surface area contributed by atoms with E-state index in [-0.39, 0.29) is 29.4 Å². The fourth-order valence-electron chi connectivity index (χ4n) is 3.98. The third-order valence-electron chi connectivity index (χ3n) is 5.42. The summed E-state index contributed by atoms with van der Waals surface area (Å²) in [6.07, 6.45) is 0.973. The molecule has 0 saturated carbocycles. The molecule has 3 aromatic rings. The molecule has 0 spiro atoms. The van der Waals surface area contributed by atoms with E-state index in [4.69, 9.17) is 20.9 Å². The lowest BCUT2D eigenvalue weighted by molar-refractivity contribution is 0.0684. The number of hydrogen-bond donors (Lipinski definition) is 2. The van der Waals surface area contributed by atoms with Crippen LogP contribution in [-0.2, 0) is 21.1 Å². The fourth-order valence-corrected chi connectivity index (χ4v) is 7.07. The predicted octanol–water partition coefficient (Wildman–Crippen LogP) is 3.68. The number of carboxylic acid groups (broad SMARTS) is 1. The molecule has 2 N–H and O–H groups in total. The molecule has 9 nitrogen and oxygen atoms in total. The van der Waals surface area contributed by atoms with Crippen molar-refractivity contribution in [3.63, 3.8) is 0 Å². The van der Waals surface area contributed by atoms with Crippen molar-refractivity contribution in [2.45, 2.75) is 43.5 Å². The summed E-state index contributed by atoms with van der Waals surface area (Å²) in [5.74, 6) is -0.705. The van der Waals surface area contributed by atoms with Gasteiger partial charge in [0.15, 0.2) is 15.6 Å². The van der Waals surface area contributed by atoms with Crippen LogP contribution in [0.4, 0.5) is 0 Å². The van der Waals surface area contributed by atoms with Crippen molar-refractivity contribution in [2.75, 3.05) is 13.3 Å². The lowest BCUT2D eigenvalue weighted by Gasteiger charge is -2.17. The Morgan fingerprint density at radius 3 is 2.88 bits per heavy atom. The van der Waals surface area contributed by atoms with Crippen LogP contribution in [0.1, 0.15) is 40.3 Å². The van der Waals surface area contributed by atoms with Crippen molar-refractivity contribution in [3.8, 4) is 10.6 Å². The Bertz CT molecular complexity index is 1250. The number of halogens is 1. The summed E-state index contributed by atoms with van der Waals surface area (Å²) >= 11 is 7.31. The van der Waals surface area contributed by atoms with E-state index in [0.29, 0.717) is 40.9 Å². The van der Waals surface area contributed by atoms with Gasteiger partial charge in [-0.1, -0.05) is 16.8 Å². The van der Waals surface area contributed by atoms with E-state index in [2.05, 4.69) is 10.5 Å². The lowest BCUT2D eigenvalue weighted by atomic mass is 10.2. The standard InChI is InChI=1S/C20H22ClN3O6S2/c1-11-18(20(25)26)24(9-13-8-14(30-23-13)15-5-6-16(21)31-15)12(2)19(11)32(27,28)17-4-3-7-29-10-22-17/h5-6,8,17,22H,3-4,7,9-10H2,1-2H3,(H,25,26). The van der Waals surface area contributed by atoms with Crippen LogP contribution >= 0.6 is 22.9 Å². The van der Waals surface area contributed by atoms with Gasteiger partial charge in [0, 0.05) is 23.9 Å². The van der Waals surface area contributed by atoms with Crippen molar-refractivity contribution in [1.82, 2.24) is 15.0 Å². The molecular weight excluding hydrogens is 478 g/mol. The number of sulfone groups is 1. The average Bonchev–Trinajstić information content (AvgIpc) is 3.34. The monoisotopic (exact) mass is 499 g/mol. The van der Waals surface area contributed by atoms with E-state index in [1.54, 1.807) is 25.1 Å². The summed E-state index contributed by atoms with van der Waals surface area (Å²) in [5.41, 5.74) is 0.927. The zero-order chi connectivity index (χ0) is 23.0. The first kappa shape index (κ1) is 23.0. The maximum atomic E-state index is 13.4. The zero-order valence-corrected chi connectivity index (χ0v) is 19.8. The van der Waals surface area contributed by atoms with Crippen LogP contribution in [-0.4, -0.2) is 47.9 Å². The van der Waals surface area contributed by atoms with E-state index in [0.717, 1.165) is 4.88 Å². The number of nitrogens with zero attached hydrogens (tertiary/aromatic N) is 2. The second-order valence-corrected chi connectivity index (χ2v) is 11.3. The summed E-state index contributed by atoms with van der Waals surface area (Å²) in [6.45, 7) is 3.79. The van der Waals surface area contributed by atoms with Crippen molar-refractivity contribution >= 4 is 38.7 Å². The molecule has 0 amide bonds. The van der Waals surface area contributed by atoms with Gasteiger partial charge >= 0.3 is 5.97 Å². The highest BCUT2D eigenvalue weighted by Gasteiger charge is 2.36. The number of rotatable bonds is 6. The number of ether oxygens (including phenoxy) is 1. The topological polar surface area (TPSA) is 124 Å². The molecule has 172 valence electrons. The Labute approximate surface area is 193 Å². The molecule has 0 radical (unpaired) electrons. The van der Waals surface area contributed by atoms with E-state index >= 15 is 0 Å². The maximum absolute atomic E-state index is 13.4. The first-order valence-corrected chi connectivity index (χ1v) is 12.6. The fraction of sp³-hybridized carbons (Fsp3) is 0.400. The largest absolute Gasteiger partial charge is 0.477 e. The van der Waals surface area contributed by atoms with Gasteiger partial charge in [-0.2, -0.15) is 0 Å². The number of aromatic carboxylic acids is 1. The minimum atomic E-state index is -3.84. The van der Waals surface area contributed by atoms with E-state index in [1.165, 1.54) is 22.8 Å². The highest BCUT2D eigenvalue weighted by Crippen LogP contribution is 2.33. The number of hydrogen-bond acceptors (Lipinski definition) is 8. The minimum Gasteiger partial charge on any atom is -0.477 e. The van der Waals surface area contributed by atoms with Crippen LogP contribution in [0.15, 0.2) is 27.6 Å². The molecule has 1 saturated heterocycles. The summed E-state index contributed by atoms with van der Waals surface area (Å²) in [7, 11) is -3.84. The van der Waals surface area contributed by atoms with Crippen molar-refractivity contribution in [1.29, 1.82) is 0 Å². The Hall–Kier alpha value is -2.18. The number of nitrogens with one attached hydrogen (secondary N) is 1. The van der Waals surface area contributed by atoms with Gasteiger partial charge < -0.3 is 18.9 Å². The summed E-state index contributed by atoms with van der Waals surface area (Å²) in [6, 6.07) is 5.25. The molecule has 1 aliphatic rings. The first-order chi connectivity index (χ1) is 15.2. The molecule has 1 unspecified atom stereocenters. The van der Waals surface area contributed by atoms with Crippen LogP contribution < -0.4 is 5.32 Å². The van der Waals surface area contributed by atoms with Gasteiger partial charge in [0.05, 0.1) is 27.4 Å². The highest BCUT2D eigenvalue weighted by molar-refractivity contribution is 7.92. The maximum Gasteiger partial charge on any atom is 0.352 e. The molecule has 4 heterocycles. The molecule has 0 aromatic carbocycles. The Morgan fingerprint density at radius 1 is 1.41 bits per heavy atom. The van der Waals surface area contributed by atoms with Crippen LogP contribution in [0, 0.1) is 13.8 Å². The quantitative estimate of drug-likeness (QED) is 0.526. The molecule has 32 heavy (non-hydrogen) atoms. The Kier molecular flexibility index (Phi) is 6.46. The number of thiophene rings is 1. The smallest absolute Gasteiger partial charge is 0.352 e. The number of aromatic nitrogens is 2. The van der Waals surface area contributed by atoms with Crippen LogP contribution in [0.5, 0.6) is 0 Å². The molecule has 12 heteroatoms. The Balaban J connectivity index is 1.73. The van der Waals surface area contributed by atoms with Gasteiger partial charge in [-0.15, -0.1) is 11.3 Å². The van der Waals surface area contributed by atoms with Crippen LogP contribution in [0.3, 0.4) is 0 Å². The van der Waals surface area contributed by atoms with E-state index in [9.17, 15) is 18.3 Å². The van der Waals surface area contributed by atoms with Gasteiger partial charge in [0.25, 0.3) is 0 Å². The highest BCUT2D eigenvalue weighted by atomic mass is 35.5. The molecule has 1 aliphatic heterocycles. The zero-order valence-electron chi connectivity index (χ0n) is 17.4. The van der Waals surface area contributed by atoms with Gasteiger partial charge in [0.1, 0.15) is 16.8 Å². The van der Waals surface area contributed by atoms with Gasteiger partial charge in [-0.05, 0) is 38.8 Å². The van der Waals surface area contributed by atoms with Crippen molar-refractivity contribution in [3.05, 3.63) is 45.2 Å². The SMILES string of the molecule is Cc1c(S(=O)(=O)C2CCCOCN2)c(C)n(Cc2cc(-c3ccc(Cl)s3)on2)c1C(=O)O. The minimum absolute atomic E-state index is 0.0306. The van der Waals surface area contributed by atoms with Gasteiger partial charge in [-0.3, -0.25) is 5.32 Å². The third kappa shape index (κ3) is 4.23. The van der Waals surface area contributed by atoms with E-state index < -0.39 is 21.2 Å². The predicted molar refractivity (Wildman–Crippen MR) is 119 cm³/mol. The first-order valence-electron chi connectivity index (χ1n) is 9.89.